The quantitative estimate of drug-likeness (QED) is 0.662. The van der Waals surface area contributed by atoms with Crippen LogP contribution in [-0.2, 0) is 16.6 Å². The third-order valence-corrected chi connectivity index (χ3v) is 7.59. The number of nitrogens with zero attached hydrogens (tertiary/aromatic N) is 1. The first kappa shape index (κ1) is 18.2. The minimum Gasteiger partial charge on any atom is -0.240 e. The van der Waals surface area contributed by atoms with Gasteiger partial charge in [-0.25, -0.2) is 22.5 Å². The van der Waals surface area contributed by atoms with Crippen molar-refractivity contribution in [2.75, 3.05) is 0 Å². The molecule has 0 bridgehead atoms. The lowest BCUT2D eigenvalue weighted by Crippen LogP contribution is -2.22. The van der Waals surface area contributed by atoms with Crippen LogP contribution in [0.1, 0.15) is 31.0 Å². The van der Waals surface area contributed by atoms with Gasteiger partial charge in [0.25, 0.3) is 0 Å². The van der Waals surface area contributed by atoms with Gasteiger partial charge in [0.05, 0.1) is 10.6 Å². The molecule has 0 radical (unpaired) electrons. The van der Waals surface area contributed by atoms with Crippen molar-refractivity contribution in [3.05, 3.63) is 58.9 Å². The maximum atomic E-state index is 13.6. The summed E-state index contributed by atoms with van der Waals surface area (Å²) in [6, 6.07) is 9.41. The molecule has 1 aromatic carbocycles. The molecule has 132 valence electrons. The van der Waals surface area contributed by atoms with Gasteiger partial charge >= 0.3 is 0 Å². The van der Waals surface area contributed by atoms with E-state index in [-0.39, 0.29) is 10.8 Å². The number of hydrogen-bond acceptors (Lipinski definition) is 5. The molecule has 25 heavy (non-hydrogen) atoms. The summed E-state index contributed by atoms with van der Waals surface area (Å²) in [7, 11) is -3.69. The molecule has 2 aromatic heterocycles. The molecule has 0 atom stereocenters. The van der Waals surface area contributed by atoms with Crippen LogP contribution in [0.2, 0.25) is 0 Å². The zero-order valence-electron chi connectivity index (χ0n) is 13.7. The van der Waals surface area contributed by atoms with E-state index in [0.29, 0.717) is 11.5 Å². The molecule has 0 saturated heterocycles. The van der Waals surface area contributed by atoms with Gasteiger partial charge in [0, 0.05) is 17.5 Å². The van der Waals surface area contributed by atoms with Crippen molar-refractivity contribution < 1.29 is 12.8 Å². The monoisotopic (exact) mass is 396 g/mol. The molecule has 4 nitrogen and oxygen atoms in total. The molecule has 1 N–H and O–H groups in total. The van der Waals surface area contributed by atoms with Crippen LogP contribution >= 0.6 is 22.7 Å². The zero-order chi connectivity index (χ0) is 18.0. The van der Waals surface area contributed by atoms with E-state index in [2.05, 4.69) is 23.6 Å². The van der Waals surface area contributed by atoms with Gasteiger partial charge in [-0.1, -0.05) is 32.0 Å². The van der Waals surface area contributed by atoms with Gasteiger partial charge in [-0.05, 0) is 24.1 Å². The predicted molar refractivity (Wildman–Crippen MR) is 99.9 cm³/mol. The molecule has 0 aliphatic heterocycles. The van der Waals surface area contributed by atoms with Gasteiger partial charge in [0.1, 0.15) is 15.0 Å². The first-order valence-corrected chi connectivity index (χ1v) is 10.8. The van der Waals surface area contributed by atoms with Crippen LogP contribution in [0.15, 0.2) is 46.0 Å². The summed E-state index contributed by atoms with van der Waals surface area (Å²) in [5.74, 6) is -0.100. The second kappa shape index (κ2) is 7.33. The molecule has 0 spiro atoms. The molecule has 0 saturated carbocycles. The third kappa shape index (κ3) is 4.14. The molecular formula is C17H17FN2O2S3. The molecule has 3 rings (SSSR count). The highest BCUT2D eigenvalue weighted by Crippen LogP contribution is 2.34. The lowest BCUT2D eigenvalue weighted by atomic mass is 10.2. The second-order valence-electron chi connectivity index (χ2n) is 5.77. The Kier molecular flexibility index (Phi) is 5.33. The van der Waals surface area contributed by atoms with Crippen molar-refractivity contribution in [3.63, 3.8) is 0 Å². The van der Waals surface area contributed by atoms with E-state index in [1.165, 1.54) is 17.4 Å². The Bertz CT molecular complexity index is 977. The van der Waals surface area contributed by atoms with Crippen LogP contribution in [0, 0.1) is 5.82 Å². The standard InChI is InChI=1S/C17H17FN2O2S3/c1-11(2)14-10-23-17(20-14)15-7-8-16(24-15)25(21,22)19-9-12-5-3-4-6-13(12)18/h3-8,10-11,19H,9H2,1-2H3. The molecule has 0 amide bonds. The van der Waals surface area contributed by atoms with E-state index in [4.69, 9.17) is 0 Å². The molecule has 0 unspecified atom stereocenters. The first-order valence-electron chi connectivity index (χ1n) is 7.65. The topological polar surface area (TPSA) is 59.1 Å². The summed E-state index contributed by atoms with van der Waals surface area (Å²) in [6.45, 7) is 4.04. The van der Waals surface area contributed by atoms with E-state index in [1.54, 1.807) is 30.3 Å². The van der Waals surface area contributed by atoms with Crippen LogP contribution in [0.4, 0.5) is 4.39 Å². The number of thiophene rings is 1. The maximum absolute atomic E-state index is 13.6. The number of rotatable bonds is 6. The fraction of sp³-hybridized carbons (Fsp3) is 0.235. The van der Waals surface area contributed by atoms with Crippen molar-refractivity contribution in [2.45, 2.75) is 30.5 Å². The Morgan fingerprint density at radius 3 is 2.64 bits per heavy atom. The molecule has 8 heteroatoms. The molecule has 0 fully saturated rings. The lowest BCUT2D eigenvalue weighted by Gasteiger charge is -2.05. The van der Waals surface area contributed by atoms with Crippen molar-refractivity contribution in [1.29, 1.82) is 0 Å². The van der Waals surface area contributed by atoms with Crippen molar-refractivity contribution in [3.8, 4) is 9.88 Å². The minimum absolute atomic E-state index is 0.0863. The van der Waals surface area contributed by atoms with Crippen LogP contribution in [-0.4, -0.2) is 13.4 Å². The number of hydrogen-bond donors (Lipinski definition) is 1. The normalized spacial score (nSPS) is 12.0. The highest BCUT2D eigenvalue weighted by atomic mass is 32.2. The van der Waals surface area contributed by atoms with Gasteiger partial charge in [0.2, 0.25) is 10.0 Å². The Labute approximate surface area is 154 Å². The van der Waals surface area contributed by atoms with E-state index < -0.39 is 15.8 Å². The van der Waals surface area contributed by atoms with Crippen LogP contribution in [0.3, 0.4) is 0 Å². The molecule has 0 aliphatic carbocycles. The van der Waals surface area contributed by atoms with E-state index in [9.17, 15) is 12.8 Å². The summed E-state index contributed by atoms with van der Waals surface area (Å²) in [4.78, 5) is 5.35. The van der Waals surface area contributed by atoms with Crippen molar-refractivity contribution in [1.82, 2.24) is 9.71 Å². The van der Waals surface area contributed by atoms with Crippen molar-refractivity contribution in [2.24, 2.45) is 0 Å². The summed E-state index contributed by atoms with van der Waals surface area (Å²) < 4.78 is 41.1. The number of thiazole rings is 1. The Hall–Kier alpha value is -1.61. The number of aromatic nitrogens is 1. The zero-order valence-corrected chi connectivity index (χ0v) is 16.1. The number of halogens is 1. The van der Waals surface area contributed by atoms with E-state index in [1.807, 2.05) is 5.38 Å². The maximum Gasteiger partial charge on any atom is 0.250 e. The van der Waals surface area contributed by atoms with Crippen LogP contribution in [0.5, 0.6) is 0 Å². The Morgan fingerprint density at radius 1 is 1.20 bits per heavy atom. The highest BCUT2D eigenvalue weighted by molar-refractivity contribution is 7.91. The number of benzene rings is 1. The summed E-state index contributed by atoms with van der Waals surface area (Å²) in [6.07, 6.45) is 0. The molecule has 3 aromatic rings. The largest absolute Gasteiger partial charge is 0.250 e. The van der Waals surface area contributed by atoms with Crippen molar-refractivity contribution >= 4 is 32.7 Å². The van der Waals surface area contributed by atoms with Crippen LogP contribution in [0.25, 0.3) is 9.88 Å². The number of nitrogens with one attached hydrogen (secondary N) is 1. The Morgan fingerprint density at radius 2 is 1.96 bits per heavy atom. The molecular weight excluding hydrogens is 379 g/mol. The van der Waals surface area contributed by atoms with E-state index >= 15 is 0 Å². The second-order valence-corrected chi connectivity index (χ2v) is 9.70. The smallest absolute Gasteiger partial charge is 0.240 e. The average molecular weight is 397 g/mol. The predicted octanol–water partition coefficient (Wildman–Crippen LogP) is 4.61. The van der Waals surface area contributed by atoms with Gasteiger partial charge < -0.3 is 0 Å². The minimum atomic E-state index is -3.69. The summed E-state index contributed by atoms with van der Waals surface area (Å²) >= 11 is 2.66. The fourth-order valence-electron chi connectivity index (χ4n) is 2.13. The lowest BCUT2D eigenvalue weighted by molar-refractivity contribution is 0.576. The van der Waals surface area contributed by atoms with Crippen LogP contribution < -0.4 is 4.72 Å². The van der Waals surface area contributed by atoms with Gasteiger partial charge in [-0.3, -0.25) is 0 Å². The average Bonchev–Trinajstić information content (AvgIpc) is 3.23. The third-order valence-electron chi connectivity index (χ3n) is 3.58. The number of sulfonamides is 1. The van der Waals surface area contributed by atoms with E-state index in [0.717, 1.165) is 26.9 Å². The summed E-state index contributed by atoms with van der Waals surface area (Å²) in [5.41, 5.74) is 1.31. The highest BCUT2D eigenvalue weighted by Gasteiger charge is 2.19. The Balaban J connectivity index is 1.77. The SMILES string of the molecule is CC(C)c1csc(-c2ccc(S(=O)(=O)NCc3ccccc3F)s2)n1. The molecule has 2 heterocycles. The van der Waals surface area contributed by atoms with Gasteiger partial charge in [-0.15, -0.1) is 22.7 Å². The van der Waals surface area contributed by atoms with Gasteiger partial charge in [0.15, 0.2) is 0 Å². The van der Waals surface area contributed by atoms with Gasteiger partial charge in [-0.2, -0.15) is 0 Å². The summed E-state index contributed by atoms with van der Waals surface area (Å²) in [5, 5.41) is 2.80. The fourth-order valence-corrected chi connectivity index (χ4v) is 5.54. The first-order chi connectivity index (χ1) is 11.9. The molecule has 0 aliphatic rings.